The highest BCUT2D eigenvalue weighted by atomic mass is 16.4. The summed E-state index contributed by atoms with van der Waals surface area (Å²) in [4.78, 5) is 6.79. The lowest BCUT2D eigenvalue weighted by atomic mass is 10.0. The van der Waals surface area contributed by atoms with Gasteiger partial charge in [-0.3, -0.25) is 0 Å². The number of anilines is 1. The smallest absolute Gasteiger partial charge is 0.298 e. The fourth-order valence-corrected chi connectivity index (χ4v) is 2.36. The predicted octanol–water partition coefficient (Wildman–Crippen LogP) is 3.06. The number of fused-ring (bicyclic) bond motifs is 1. The number of oxazole rings is 1. The van der Waals surface area contributed by atoms with E-state index in [1.165, 1.54) is 12.8 Å². The molecule has 3 nitrogen and oxygen atoms in total. The maximum atomic E-state index is 5.77. The summed E-state index contributed by atoms with van der Waals surface area (Å²) in [5.74, 6) is 0.740. The van der Waals surface area contributed by atoms with Crippen molar-refractivity contribution < 1.29 is 4.42 Å². The molecule has 1 aromatic carbocycles. The van der Waals surface area contributed by atoms with Gasteiger partial charge in [0.05, 0.1) is 0 Å². The minimum Gasteiger partial charge on any atom is -0.423 e. The SMILES string of the molecule is CC1CCCN(c2nc3ccccc3o2)C1. The minimum absolute atomic E-state index is 0.740. The summed E-state index contributed by atoms with van der Waals surface area (Å²) in [6.45, 7) is 4.42. The molecule has 3 rings (SSSR count). The number of rotatable bonds is 1. The number of aromatic nitrogens is 1. The first-order chi connectivity index (χ1) is 7.83. The second kappa shape index (κ2) is 3.81. The van der Waals surface area contributed by atoms with Gasteiger partial charge in [-0.1, -0.05) is 19.1 Å². The lowest BCUT2D eigenvalue weighted by molar-refractivity contribution is 0.421. The van der Waals surface area contributed by atoms with Crippen LogP contribution in [-0.4, -0.2) is 18.1 Å². The van der Waals surface area contributed by atoms with E-state index in [-0.39, 0.29) is 0 Å². The van der Waals surface area contributed by atoms with E-state index in [0.29, 0.717) is 0 Å². The number of para-hydroxylation sites is 2. The Morgan fingerprint density at radius 2 is 2.25 bits per heavy atom. The maximum absolute atomic E-state index is 5.77. The molecular weight excluding hydrogens is 200 g/mol. The van der Waals surface area contributed by atoms with Crippen molar-refractivity contribution in [3.05, 3.63) is 24.3 Å². The zero-order valence-corrected chi connectivity index (χ0v) is 9.52. The Kier molecular flexibility index (Phi) is 2.31. The molecule has 1 atom stereocenters. The Balaban J connectivity index is 1.93. The van der Waals surface area contributed by atoms with Gasteiger partial charge in [-0.2, -0.15) is 4.98 Å². The highest BCUT2D eigenvalue weighted by Gasteiger charge is 2.20. The maximum Gasteiger partial charge on any atom is 0.298 e. The number of nitrogens with zero attached hydrogens (tertiary/aromatic N) is 2. The Morgan fingerprint density at radius 1 is 1.38 bits per heavy atom. The van der Waals surface area contributed by atoms with Crippen LogP contribution < -0.4 is 4.90 Å². The number of hydrogen-bond acceptors (Lipinski definition) is 3. The molecule has 1 aliphatic heterocycles. The summed E-state index contributed by atoms with van der Waals surface area (Å²) in [7, 11) is 0. The number of piperidine rings is 1. The molecule has 1 unspecified atom stereocenters. The third-order valence-electron chi connectivity index (χ3n) is 3.21. The summed E-state index contributed by atoms with van der Waals surface area (Å²) < 4.78 is 5.77. The van der Waals surface area contributed by atoms with Crippen LogP contribution >= 0.6 is 0 Å². The first-order valence-electron chi connectivity index (χ1n) is 5.93. The fourth-order valence-electron chi connectivity index (χ4n) is 2.36. The molecule has 16 heavy (non-hydrogen) atoms. The molecule has 1 saturated heterocycles. The molecule has 0 radical (unpaired) electrons. The molecule has 0 N–H and O–H groups in total. The fraction of sp³-hybridized carbons (Fsp3) is 0.462. The van der Waals surface area contributed by atoms with E-state index in [1.807, 2.05) is 24.3 Å². The zero-order valence-electron chi connectivity index (χ0n) is 9.52. The van der Waals surface area contributed by atoms with Crippen LogP contribution in [0.2, 0.25) is 0 Å². The topological polar surface area (TPSA) is 29.3 Å². The van der Waals surface area contributed by atoms with Crippen LogP contribution in [0, 0.1) is 5.92 Å². The predicted molar refractivity (Wildman–Crippen MR) is 64.6 cm³/mol. The standard InChI is InChI=1S/C13H16N2O/c1-10-5-4-8-15(9-10)13-14-11-6-2-3-7-12(11)16-13/h2-3,6-7,10H,4-5,8-9H2,1H3. The van der Waals surface area contributed by atoms with E-state index in [0.717, 1.165) is 36.1 Å². The molecule has 0 spiro atoms. The van der Waals surface area contributed by atoms with Crippen LogP contribution in [0.5, 0.6) is 0 Å². The first kappa shape index (κ1) is 9.70. The molecular formula is C13H16N2O. The summed E-state index contributed by atoms with van der Waals surface area (Å²) in [6, 6.07) is 8.73. The van der Waals surface area contributed by atoms with E-state index in [1.54, 1.807) is 0 Å². The Hall–Kier alpha value is -1.51. The highest BCUT2D eigenvalue weighted by Crippen LogP contribution is 2.25. The quantitative estimate of drug-likeness (QED) is 0.733. The molecule has 84 valence electrons. The van der Waals surface area contributed by atoms with E-state index >= 15 is 0 Å². The summed E-state index contributed by atoms with van der Waals surface area (Å²) in [6.07, 6.45) is 2.55. The largest absolute Gasteiger partial charge is 0.423 e. The lowest BCUT2D eigenvalue weighted by Gasteiger charge is -2.29. The van der Waals surface area contributed by atoms with Crippen molar-refractivity contribution in [2.75, 3.05) is 18.0 Å². The molecule has 1 aliphatic rings. The van der Waals surface area contributed by atoms with E-state index in [4.69, 9.17) is 4.42 Å². The normalized spacial score (nSPS) is 21.6. The van der Waals surface area contributed by atoms with Crippen LogP contribution in [0.4, 0.5) is 6.01 Å². The van der Waals surface area contributed by atoms with Crippen molar-refractivity contribution in [1.82, 2.24) is 4.98 Å². The molecule has 0 bridgehead atoms. The van der Waals surface area contributed by atoms with Crippen molar-refractivity contribution in [2.24, 2.45) is 5.92 Å². The van der Waals surface area contributed by atoms with Gasteiger partial charge in [0, 0.05) is 13.1 Å². The van der Waals surface area contributed by atoms with Gasteiger partial charge < -0.3 is 9.32 Å². The van der Waals surface area contributed by atoms with Crippen molar-refractivity contribution in [3.63, 3.8) is 0 Å². The molecule has 3 heteroatoms. The van der Waals surface area contributed by atoms with Crippen molar-refractivity contribution in [3.8, 4) is 0 Å². The molecule has 0 aliphatic carbocycles. The van der Waals surface area contributed by atoms with Gasteiger partial charge in [-0.05, 0) is 30.9 Å². The summed E-state index contributed by atoms with van der Waals surface area (Å²) in [5, 5.41) is 0. The monoisotopic (exact) mass is 216 g/mol. The summed E-state index contributed by atoms with van der Waals surface area (Å²) in [5.41, 5.74) is 1.84. The molecule has 2 aromatic rings. The Labute approximate surface area is 95.1 Å². The van der Waals surface area contributed by atoms with E-state index < -0.39 is 0 Å². The molecule has 2 heterocycles. The first-order valence-corrected chi connectivity index (χ1v) is 5.93. The van der Waals surface area contributed by atoms with Gasteiger partial charge in [0.1, 0.15) is 5.52 Å². The Bertz CT molecular complexity index is 458. The lowest BCUT2D eigenvalue weighted by Crippen LogP contribution is -2.34. The van der Waals surface area contributed by atoms with Gasteiger partial charge in [0.2, 0.25) is 0 Å². The summed E-state index contributed by atoms with van der Waals surface area (Å²) >= 11 is 0. The zero-order chi connectivity index (χ0) is 11.0. The molecule has 0 amide bonds. The average molecular weight is 216 g/mol. The third-order valence-corrected chi connectivity index (χ3v) is 3.21. The van der Waals surface area contributed by atoms with Gasteiger partial charge in [-0.15, -0.1) is 0 Å². The van der Waals surface area contributed by atoms with Gasteiger partial charge >= 0.3 is 0 Å². The minimum atomic E-state index is 0.740. The van der Waals surface area contributed by atoms with Crippen LogP contribution in [0.1, 0.15) is 19.8 Å². The molecule has 1 aromatic heterocycles. The van der Waals surface area contributed by atoms with Crippen LogP contribution in [-0.2, 0) is 0 Å². The van der Waals surface area contributed by atoms with Gasteiger partial charge in [0.25, 0.3) is 6.01 Å². The van der Waals surface area contributed by atoms with E-state index in [9.17, 15) is 0 Å². The number of benzene rings is 1. The second-order valence-corrected chi connectivity index (χ2v) is 4.66. The van der Waals surface area contributed by atoms with Crippen LogP contribution in [0.25, 0.3) is 11.1 Å². The molecule has 1 fully saturated rings. The van der Waals surface area contributed by atoms with Crippen molar-refractivity contribution in [2.45, 2.75) is 19.8 Å². The van der Waals surface area contributed by atoms with Crippen molar-refractivity contribution in [1.29, 1.82) is 0 Å². The average Bonchev–Trinajstić information content (AvgIpc) is 2.72. The van der Waals surface area contributed by atoms with Crippen molar-refractivity contribution >= 4 is 17.1 Å². The Morgan fingerprint density at radius 3 is 3.06 bits per heavy atom. The van der Waals surface area contributed by atoms with Crippen LogP contribution in [0.15, 0.2) is 28.7 Å². The van der Waals surface area contributed by atoms with Gasteiger partial charge in [0.15, 0.2) is 5.58 Å². The highest BCUT2D eigenvalue weighted by molar-refractivity contribution is 5.74. The third kappa shape index (κ3) is 1.66. The second-order valence-electron chi connectivity index (χ2n) is 4.66. The molecule has 0 saturated carbocycles. The number of hydrogen-bond donors (Lipinski definition) is 0. The van der Waals surface area contributed by atoms with E-state index in [2.05, 4.69) is 16.8 Å². The van der Waals surface area contributed by atoms with Gasteiger partial charge in [-0.25, -0.2) is 0 Å². The van der Waals surface area contributed by atoms with Crippen LogP contribution in [0.3, 0.4) is 0 Å².